The van der Waals surface area contributed by atoms with Crippen LogP contribution in [0.3, 0.4) is 0 Å². The molecule has 15 heavy (non-hydrogen) atoms. The van der Waals surface area contributed by atoms with E-state index in [1.165, 1.54) is 5.56 Å². The molecule has 1 aromatic carbocycles. The zero-order valence-electron chi connectivity index (χ0n) is 9.16. The van der Waals surface area contributed by atoms with Crippen LogP contribution in [-0.4, -0.2) is 20.8 Å². The number of benzene rings is 1. The van der Waals surface area contributed by atoms with E-state index in [2.05, 4.69) is 0 Å². The van der Waals surface area contributed by atoms with Gasteiger partial charge >= 0.3 is 0 Å². The van der Waals surface area contributed by atoms with Gasteiger partial charge in [-0.2, -0.15) is 0 Å². The second-order valence-electron chi connectivity index (χ2n) is 3.07. The molecule has 0 aromatic heterocycles. The Morgan fingerprint density at radius 1 is 1.20 bits per heavy atom. The summed E-state index contributed by atoms with van der Waals surface area (Å²) >= 11 is 0. The minimum atomic E-state index is 0. The van der Waals surface area contributed by atoms with Crippen molar-refractivity contribution in [1.29, 1.82) is 0 Å². The molecule has 0 radical (unpaired) electrons. The molecule has 0 saturated heterocycles. The first-order chi connectivity index (χ1) is 6.81. The lowest BCUT2D eigenvalue weighted by atomic mass is 10.1. The number of hydrogen-bond acceptors (Lipinski definition) is 3. The molecule has 1 rings (SSSR count). The van der Waals surface area contributed by atoms with Crippen LogP contribution in [0.4, 0.5) is 0 Å². The van der Waals surface area contributed by atoms with E-state index in [1.807, 2.05) is 18.2 Å². The number of rotatable bonds is 5. The molecule has 0 spiro atoms. The maximum absolute atomic E-state index is 5.46. The van der Waals surface area contributed by atoms with E-state index < -0.39 is 0 Å². The van der Waals surface area contributed by atoms with Crippen LogP contribution in [0.2, 0.25) is 0 Å². The molecular weight excluding hydrogens is 214 g/mol. The maximum atomic E-state index is 5.46. The summed E-state index contributed by atoms with van der Waals surface area (Å²) in [5.41, 5.74) is 6.64. The smallest absolute Gasteiger partial charge is 0.125 e. The maximum Gasteiger partial charge on any atom is 0.125 e. The monoisotopic (exact) mass is 231 g/mol. The largest absolute Gasteiger partial charge is 0.497 e. The second kappa shape index (κ2) is 7.37. The fourth-order valence-corrected chi connectivity index (χ4v) is 1.35. The van der Waals surface area contributed by atoms with Gasteiger partial charge < -0.3 is 15.2 Å². The lowest BCUT2D eigenvalue weighted by molar-refractivity contribution is 0.391. The van der Waals surface area contributed by atoms with Gasteiger partial charge in [0.1, 0.15) is 11.5 Å². The van der Waals surface area contributed by atoms with Crippen LogP contribution in [0, 0.1) is 0 Å². The van der Waals surface area contributed by atoms with Crippen molar-refractivity contribution in [1.82, 2.24) is 0 Å². The van der Waals surface area contributed by atoms with Crippen molar-refractivity contribution in [3.05, 3.63) is 23.8 Å². The molecule has 0 aliphatic rings. The molecule has 3 nitrogen and oxygen atoms in total. The summed E-state index contributed by atoms with van der Waals surface area (Å²) in [6, 6.07) is 5.85. The molecule has 0 amide bonds. The summed E-state index contributed by atoms with van der Waals surface area (Å²) in [6.07, 6.45) is 1.92. The zero-order chi connectivity index (χ0) is 10.4. The van der Waals surface area contributed by atoms with Gasteiger partial charge in [0.05, 0.1) is 14.2 Å². The van der Waals surface area contributed by atoms with Crippen molar-refractivity contribution < 1.29 is 9.47 Å². The Balaban J connectivity index is 0.00000196. The van der Waals surface area contributed by atoms with Gasteiger partial charge in [0.15, 0.2) is 0 Å². The summed E-state index contributed by atoms with van der Waals surface area (Å²) in [6.45, 7) is 0.704. The predicted octanol–water partition coefficient (Wildman–Crippen LogP) is 2.02. The van der Waals surface area contributed by atoms with Crippen LogP contribution in [0.5, 0.6) is 11.5 Å². The van der Waals surface area contributed by atoms with Gasteiger partial charge in [-0.05, 0) is 31.0 Å². The first kappa shape index (κ1) is 14.1. The van der Waals surface area contributed by atoms with E-state index in [1.54, 1.807) is 14.2 Å². The molecule has 0 saturated carbocycles. The second-order valence-corrected chi connectivity index (χ2v) is 3.07. The molecule has 0 fully saturated rings. The number of hydrogen-bond donors (Lipinski definition) is 1. The lowest BCUT2D eigenvalue weighted by Gasteiger charge is -2.09. The highest BCUT2D eigenvalue weighted by Crippen LogP contribution is 2.25. The van der Waals surface area contributed by atoms with Crippen LogP contribution < -0.4 is 15.2 Å². The van der Waals surface area contributed by atoms with Crippen LogP contribution >= 0.6 is 12.4 Å². The van der Waals surface area contributed by atoms with Crippen LogP contribution in [0.1, 0.15) is 12.0 Å². The van der Waals surface area contributed by atoms with Crippen molar-refractivity contribution in [3.8, 4) is 11.5 Å². The van der Waals surface area contributed by atoms with Gasteiger partial charge in [-0.15, -0.1) is 12.4 Å². The summed E-state index contributed by atoms with van der Waals surface area (Å²) < 4.78 is 10.4. The number of halogens is 1. The van der Waals surface area contributed by atoms with Crippen molar-refractivity contribution in [2.24, 2.45) is 5.73 Å². The summed E-state index contributed by atoms with van der Waals surface area (Å²) in [5, 5.41) is 0. The quantitative estimate of drug-likeness (QED) is 0.843. The third-order valence-electron chi connectivity index (χ3n) is 2.14. The molecule has 0 atom stereocenters. The van der Waals surface area contributed by atoms with Gasteiger partial charge in [-0.25, -0.2) is 0 Å². The summed E-state index contributed by atoms with van der Waals surface area (Å²) in [4.78, 5) is 0. The average molecular weight is 232 g/mol. The van der Waals surface area contributed by atoms with Crippen LogP contribution in [-0.2, 0) is 6.42 Å². The van der Waals surface area contributed by atoms with Gasteiger partial charge in [-0.1, -0.05) is 6.07 Å². The van der Waals surface area contributed by atoms with E-state index in [-0.39, 0.29) is 12.4 Å². The lowest BCUT2D eigenvalue weighted by Crippen LogP contribution is -2.01. The number of ether oxygens (including phenoxy) is 2. The minimum Gasteiger partial charge on any atom is -0.497 e. The highest BCUT2D eigenvalue weighted by Gasteiger charge is 2.03. The molecule has 0 unspecified atom stereocenters. The molecule has 0 bridgehead atoms. The molecule has 1 aromatic rings. The minimum absolute atomic E-state index is 0. The molecule has 0 aliphatic carbocycles. The fraction of sp³-hybridized carbons (Fsp3) is 0.455. The summed E-state index contributed by atoms with van der Waals surface area (Å²) in [7, 11) is 3.31. The van der Waals surface area contributed by atoms with Gasteiger partial charge in [0.25, 0.3) is 0 Å². The predicted molar refractivity (Wildman–Crippen MR) is 64.2 cm³/mol. The molecule has 2 N–H and O–H groups in total. The number of aryl methyl sites for hydroxylation is 1. The highest BCUT2D eigenvalue weighted by molar-refractivity contribution is 5.85. The van der Waals surface area contributed by atoms with Crippen molar-refractivity contribution in [2.75, 3.05) is 20.8 Å². The van der Waals surface area contributed by atoms with Gasteiger partial charge in [0, 0.05) is 6.07 Å². The van der Waals surface area contributed by atoms with E-state index >= 15 is 0 Å². The first-order valence-corrected chi connectivity index (χ1v) is 4.72. The Labute approximate surface area is 97.0 Å². The van der Waals surface area contributed by atoms with Crippen molar-refractivity contribution in [2.45, 2.75) is 12.8 Å². The number of methoxy groups -OCH3 is 2. The fourth-order valence-electron chi connectivity index (χ4n) is 1.35. The normalized spacial score (nSPS) is 9.27. The third kappa shape index (κ3) is 3.98. The van der Waals surface area contributed by atoms with E-state index in [4.69, 9.17) is 15.2 Å². The zero-order valence-corrected chi connectivity index (χ0v) is 9.97. The Bertz CT molecular complexity index is 292. The van der Waals surface area contributed by atoms with Gasteiger partial charge in [0.2, 0.25) is 0 Å². The standard InChI is InChI=1S/C11H17NO2.ClH/c1-13-10-6-5-9(4-3-7-12)11(8-10)14-2;/h5-6,8H,3-4,7,12H2,1-2H3;1H. The van der Waals surface area contributed by atoms with Gasteiger partial charge in [-0.3, -0.25) is 0 Å². The van der Waals surface area contributed by atoms with Crippen molar-refractivity contribution >= 4 is 12.4 Å². The Morgan fingerprint density at radius 2 is 1.93 bits per heavy atom. The first-order valence-electron chi connectivity index (χ1n) is 4.72. The molecule has 4 heteroatoms. The number of nitrogens with two attached hydrogens (primary N) is 1. The van der Waals surface area contributed by atoms with Crippen molar-refractivity contribution in [3.63, 3.8) is 0 Å². The van der Waals surface area contributed by atoms with E-state index in [0.29, 0.717) is 6.54 Å². The molecule has 0 aliphatic heterocycles. The highest BCUT2D eigenvalue weighted by atomic mass is 35.5. The third-order valence-corrected chi connectivity index (χ3v) is 2.14. The average Bonchev–Trinajstić information content (AvgIpc) is 2.26. The Hall–Kier alpha value is -0.930. The van der Waals surface area contributed by atoms with E-state index in [9.17, 15) is 0 Å². The van der Waals surface area contributed by atoms with E-state index in [0.717, 1.165) is 24.3 Å². The molecule has 86 valence electrons. The molecule has 0 heterocycles. The Morgan fingerprint density at radius 3 is 2.47 bits per heavy atom. The Kier molecular flexibility index (Phi) is 6.92. The molecular formula is C11H18ClNO2. The van der Waals surface area contributed by atoms with Crippen LogP contribution in [0.15, 0.2) is 18.2 Å². The SMILES string of the molecule is COc1ccc(CCCN)c(OC)c1.Cl. The van der Waals surface area contributed by atoms with Crippen LogP contribution in [0.25, 0.3) is 0 Å². The topological polar surface area (TPSA) is 44.5 Å². The summed E-state index contributed by atoms with van der Waals surface area (Å²) in [5.74, 6) is 1.69.